The molecule has 1 unspecified atom stereocenters. The summed E-state index contributed by atoms with van der Waals surface area (Å²) in [6.45, 7) is 7.53. The molecule has 1 N–H and O–H groups in total. The van der Waals surface area contributed by atoms with Crippen LogP contribution in [0.2, 0.25) is 0 Å². The highest BCUT2D eigenvalue weighted by Gasteiger charge is 2.48. The lowest BCUT2D eigenvalue weighted by Gasteiger charge is -2.36. The lowest BCUT2D eigenvalue weighted by molar-refractivity contribution is 0.107. The van der Waals surface area contributed by atoms with Gasteiger partial charge in [0.1, 0.15) is 35.3 Å². The number of benzene rings is 3. The molecule has 3 aliphatic heterocycles. The van der Waals surface area contributed by atoms with Crippen molar-refractivity contribution < 1.29 is 23.0 Å². The fourth-order valence-corrected chi connectivity index (χ4v) is 9.38. The van der Waals surface area contributed by atoms with Gasteiger partial charge in [-0.25, -0.2) is 13.2 Å². The lowest BCUT2D eigenvalue weighted by Crippen LogP contribution is -2.44. The van der Waals surface area contributed by atoms with Gasteiger partial charge in [-0.1, -0.05) is 19.9 Å². The van der Waals surface area contributed by atoms with E-state index in [4.69, 9.17) is 9.72 Å². The number of hydrogen-bond donors (Lipinski definition) is 1. The fraction of sp³-hybridized carbons (Fsp3) is 0.486. The van der Waals surface area contributed by atoms with Crippen molar-refractivity contribution in [1.82, 2.24) is 14.9 Å². The van der Waals surface area contributed by atoms with Crippen LogP contribution < -0.4 is 9.64 Å². The van der Waals surface area contributed by atoms with Crippen molar-refractivity contribution in [3.8, 4) is 29.0 Å². The van der Waals surface area contributed by atoms with Crippen LogP contribution in [-0.2, 0) is 6.42 Å². The highest BCUT2D eigenvalue weighted by atomic mass is 19.1. The van der Waals surface area contributed by atoms with E-state index >= 15 is 13.2 Å². The van der Waals surface area contributed by atoms with Crippen molar-refractivity contribution in [3.05, 3.63) is 53.3 Å². The Hall–Kier alpha value is -4.10. The number of nitriles is 1. The largest absolute Gasteiger partial charge is 0.508 e. The van der Waals surface area contributed by atoms with E-state index in [0.29, 0.717) is 54.2 Å². The second-order valence-corrected chi connectivity index (χ2v) is 14.3. The van der Waals surface area contributed by atoms with Crippen molar-refractivity contribution >= 4 is 27.5 Å². The first-order valence-electron chi connectivity index (χ1n) is 16.9. The van der Waals surface area contributed by atoms with Crippen molar-refractivity contribution in [2.24, 2.45) is 23.7 Å². The lowest BCUT2D eigenvalue weighted by atomic mass is 9.86. The molecule has 7 nitrogen and oxygen atoms in total. The predicted octanol–water partition coefficient (Wildman–Crippen LogP) is 7.37. The summed E-state index contributed by atoms with van der Waals surface area (Å²) in [4.78, 5) is 13.9. The van der Waals surface area contributed by atoms with E-state index < -0.39 is 17.5 Å². The number of fused-ring (bicyclic) bond motifs is 5. The summed E-state index contributed by atoms with van der Waals surface area (Å²) in [5.74, 6) is -1.26. The molecule has 1 saturated carbocycles. The van der Waals surface area contributed by atoms with Gasteiger partial charge in [0.2, 0.25) is 0 Å². The molecule has 4 aromatic rings. The summed E-state index contributed by atoms with van der Waals surface area (Å²) >= 11 is 0. The van der Waals surface area contributed by atoms with Gasteiger partial charge >= 0.3 is 6.01 Å². The summed E-state index contributed by atoms with van der Waals surface area (Å²) < 4.78 is 54.7. The van der Waals surface area contributed by atoms with E-state index in [-0.39, 0.29) is 57.1 Å². The molecule has 244 valence electrons. The van der Waals surface area contributed by atoms with Crippen LogP contribution in [0.4, 0.5) is 19.0 Å². The number of phenolic OH excluding ortho intramolecular Hbond substituents is 1. The van der Waals surface area contributed by atoms with Crippen LogP contribution in [0.5, 0.6) is 11.8 Å². The molecule has 47 heavy (non-hydrogen) atoms. The fourth-order valence-electron chi connectivity index (χ4n) is 9.38. The summed E-state index contributed by atoms with van der Waals surface area (Å²) in [5.41, 5.74) is -0.226. The topological polar surface area (TPSA) is 85.5 Å². The number of phenols is 1. The smallest absolute Gasteiger partial charge is 0.319 e. The summed E-state index contributed by atoms with van der Waals surface area (Å²) in [7, 11) is 0. The minimum atomic E-state index is -0.920. The number of piperidine rings is 1. The second-order valence-electron chi connectivity index (χ2n) is 14.3. The van der Waals surface area contributed by atoms with E-state index in [1.165, 1.54) is 30.3 Å². The Morgan fingerprint density at radius 1 is 1.06 bits per heavy atom. The van der Waals surface area contributed by atoms with Crippen LogP contribution in [0.25, 0.3) is 32.8 Å². The Bertz CT molecular complexity index is 1950. The summed E-state index contributed by atoms with van der Waals surface area (Å²) in [5, 5.41) is 21.5. The zero-order valence-corrected chi connectivity index (χ0v) is 26.7. The van der Waals surface area contributed by atoms with Crippen LogP contribution in [0, 0.1) is 52.5 Å². The van der Waals surface area contributed by atoms with Gasteiger partial charge in [0.25, 0.3) is 0 Å². The van der Waals surface area contributed by atoms with Crippen molar-refractivity contribution in [2.75, 3.05) is 37.7 Å². The van der Waals surface area contributed by atoms with Gasteiger partial charge in [-0.05, 0) is 109 Å². The van der Waals surface area contributed by atoms with Crippen LogP contribution in [-0.4, -0.2) is 58.3 Å². The molecule has 3 saturated heterocycles. The highest BCUT2D eigenvalue weighted by Crippen LogP contribution is 2.46. The molecule has 1 aromatic heterocycles. The number of anilines is 1. The number of rotatable bonds is 6. The number of aromatic nitrogens is 2. The van der Waals surface area contributed by atoms with E-state index in [2.05, 4.69) is 22.9 Å². The second kappa shape index (κ2) is 11.3. The molecular weight excluding hydrogens is 603 g/mol. The molecule has 1 aliphatic carbocycles. The molecule has 4 fully saturated rings. The number of ether oxygens (including phenoxy) is 1. The Labute approximate surface area is 272 Å². The number of nitrogens with zero attached hydrogens (tertiary/aromatic N) is 5. The zero-order chi connectivity index (χ0) is 32.6. The molecular formula is C37H38F3N5O2. The van der Waals surface area contributed by atoms with Gasteiger partial charge in [0, 0.05) is 25.0 Å². The Balaban J connectivity index is 1.30. The van der Waals surface area contributed by atoms with Gasteiger partial charge in [0.15, 0.2) is 5.82 Å². The van der Waals surface area contributed by atoms with Crippen LogP contribution >= 0.6 is 0 Å². The standard InChI is InChI=1S/C37H38F3N5O2/c1-3-25-29(38)8-7-21-11-24(46)12-26(31(21)25)32-30(39)13-27-34(33(32)40)42-36(47-19-37-9-4-10-45(37)16-20(2)14-37)43-35(27)44-17-22-5-6-23(18-44)28(22)15-41/h7-8,11-13,20,22-23,28,46H,3-6,9-10,14,16-19H2,1-2H3/t20-,22-,23+,28?,37+/m1/s1. The molecule has 4 aliphatic rings. The number of aromatic hydroxyl groups is 1. The normalized spacial score (nSPS) is 27.1. The molecule has 0 amide bonds. The third kappa shape index (κ3) is 4.80. The first-order chi connectivity index (χ1) is 22.7. The average Bonchev–Trinajstić information content (AvgIpc) is 3.66. The first kappa shape index (κ1) is 30.2. The Morgan fingerprint density at radius 2 is 1.85 bits per heavy atom. The van der Waals surface area contributed by atoms with Gasteiger partial charge in [-0.3, -0.25) is 4.90 Å². The van der Waals surface area contributed by atoms with E-state index in [1.807, 2.05) is 4.90 Å². The van der Waals surface area contributed by atoms with Crippen molar-refractivity contribution in [2.45, 2.75) is 57.9 Å². The maximum absolute atomic E-state index is 17.0. The maximum Gasteiger partial charge on any atom is 0.319 e. The van der Waals surface area contributed by atoms with Gasteiger partial charge in [-0.2, -0.15) is 15.2 Å². The summed E-state index contributed by atoms with van der Waals surface area (Å²) in [6.07, 6.45) is 5.25. The average molecular weight is 642 g/mol. The van der Waals surface area contributed by atoms with Gasteiger partial charge < -0.3 is 14.7 Å². The minimum Gasteiger partial charge on any atom is -0.508 e. The Kier molecular flexibility index (Phi) is 7.25. The number of hydrogen-bond acceptors (Lipinski definition) is 7. The third-order valence-corrected chi connectivity index (χ3v) is 11.4. The molecule has 0 radical (unpaired) electrons. The molecule has 2 bridgehead atoms. The molecule has 8 rings (SSSR count). The van der Waals surface area contributed by atoms with E-state index in [1.54, 1.807) is 6.92 Å². The molecule has 10 heteroatoms. The SMILES string of the molecule is CCc1c(F)ccc2cc(O)cc(-c3c(F)cc4c(N5C[C@H]6CC[C@@H](C5)C6C#N)nc(OC[C@@]56CCCN5C[C@H](C)C6)nc4c3F)c12. The van der Waals surface area contributed by atoms with E-state index in [9.17, 15) is 10.4 Å². The van der Waals surface area contributed by atoms with Crippen molar-refractivity contribution in [1.29, 1.82) is 5.26 Å². The molecule has 3 aromatic carbocycles. The van der Waals surface area contributed by atoms with Gasteiger partial charge in [-0.15, -0.1) is 0 Å². The van der Waals surface area contributed by atoms with E-state index in [0.717, 1.165) is 45.2 Å². The number of aryl methyl sites for hydroxylation is 1. The Morgan fingerprint density at radius 3 is 2.60 bits per heavy atom. The highest BCUT2D eigenvalue weighted by molar-refractivity contribution is 6.03. The summed E-state index contributed by atoms with van der Waals surface area (Å²) in [6, 6.07) is 9.33. The molecule has 5 atom stereocenters. The van der Waals surface area contributed by atoms with Gasteiger partial charge in [0.05, 0.1) is 23.1 Å². The van der Waals surface area contributed by atoms with Crippen molar-refractivity contribution in [3.63, 3.8) is 0 Å². The quantitative estimate of drug-likeness (QED) is 0.235. The van der Waals surface area contributed by atoms with Crippen LogP contribution in [0.1, 0.15) is 51.5 Å². The molecule has 4 heterocycles. The zero-order valence-electron chi connectivity index (χ0n) is 26.7. The minimum absolute atomic E-state index is 0.0283. The molecule has 0 spiro atoms. The number of halogens is 3. The van der Waals surface area contributed by atoms with Crippen LogP contribution in [0.15, 0.2) is 30.3 Å². The maximum atomic E-state index is 17.0. The predicted molar refractivity (Wildman–Crippen MR) is 174 cm³/mol. The monoisotopic (exact) mass is 641 g/mol. The van der Waals surface area contributed by atoms with Crippen LogP contribution in [0.3, 0.4) is 0 Å². The third-order valence-electron chi connectivity index (χ3n) is 11.4. The first-order valence-corrected chi connectivity index (χ1v) is 16.9.